The van der Waals surface area contributed by atoms with Gasteiger partial charge in [0.15, 0.2) is 0 Å². The largest absolute Gasteiger partial charge is 0.490 e. The first-order valence-corrected chi connectivity index (χ1v) is 8.36. The number of rotatable bonds is 4. The molecule has 0 unspecified atom stereocenters. The van der Waals surface area contributed by atoms with Crippen molar-refractivity contribution in [3.63, 3.8) is 0 Å². The summed E-state index contributed by atoms with van der Waals surface area (Å²) < 4.78 is 12.6. The predicted molar refractivity (Wildman–Crippen MR) is 88.1 cm³/mol. The molecule has 1 aliphatic carbocycles. The van der Waals surface area contributed by atoms with Gasteiger partial charge in [0.25, 0.3) is 0 Å². The molecular weight excluding hydrogens is 292 g/mol. The molecule has 2 heterocycles. The van der Waals surface area contributed by atoms with E-state index in [1.807, 2.05) is 30.5 Å². The lowest BCUT2D eigenvalue weighted by Gasteiger charge is -2.19. The van der Waals surface area contributed by atoms with Crippen LogP contribution in [0.4, 0.5) is 0 Å². The van der Waals surface area contributed by atoms with Crippen LogP contribution in [0.3, 0.4) is 0 Å². The number of hydrogen-bond donors (Lipinski definition) is 0. The quantitative estimate of drug-likeness (QED) is 0.801. The molecule has 0 aromatic carbocycles. The van der Waals surface area contributed by atoms with Crippen LogP contribution in [0.15, 0.2) is 18.5 Å². The van der Waals surface area contributed by atoms with Crippen LogP contribution in [-0.4, -0.2) is 28.6 Å². The molecule has 1 aliphatic rings. The zero-order valence-electron chi connectivity index (χ0n) is 14.0. The fourth-order valence-corrected chi connectivity index (χ4v) is 3.25. The summed E-state index contributed by atoms with van der Waals surface area (Å²) in [6.45, 7) is 3.87. The highest BCUT2D eigenvalue weighted by atomic mass is 16.5. The maximum Gasteiger partial charge on any atom is 0.343 e. The van der Waals surface area contributed by atoms with Crippen LogP contribution < -0.4 is 4.74 Å². The molecule has 3 rings (SSSR count). The summed E-state index contributed by atoms with van der Waals surface area (Å²) in [6, 6.07) is 1.83. The Bertz CT molecular complexity index is 700. The molecule has 0 amide bonds. The van der Waals surface area contributed by atoms with Gasteiger partial charge in [-0.2, -0.15) is 0 Å². The number of carbonyl (C=O) groups excluding carboxylic acids is 1. The molecule has 0 spiro atoms. The number of pyridine rings is 1. The van der Waals surface area contributed by atoms with Gasteiger partial charge in [-0.25, -0.2) is 9.78 Å². The number of ether oxygens (including phenoxy) is 2. The molecule has 0 bridgehead atoms. The van der Waals surface area contributed by atoms with Crippen LogP contribution >= 0.6 is 0 Å². The summed E-state index contributed by atoms with van der Waals surface area (Å²) in [6.07, 6.45) is 10.0. The van der Waals surface area contributed by atoms with E-state index in [0.29, 0.717) is 17.2 Å². The van der Waals surface area contributed by atoms with Gasteiger partial charge < -0.3 is 13.9 Å². The average molecular weight is 316 g/mol. The van der Waals surface area contributed by atoms with Crippen molar-refractivity contribution in [1.82, 2.24) is 9.38 Å². The number of methoxy groups -OCH3 is 1. The highest BCUT2D eigenvalue weighted by Crippen LogP contribution is 2.33. The Morgan fingerprint density at radius 1 is 1.26 bits per heavy atom. The van der Waals surface area contributed by atoms with Crippen molar-refractivity contribution in [2.75, 3.05) is 7.11 Å². The number of imidazole rings is 1. The molecular formula is C18H24N2O3. The van der Waals surface area contributed by atoms with E-state index in [-0.39, 0.29) is 6.10 Å². The molecule has 2 aromatic heterocycles. The third-order valence-electron chi connectivity index (χ3n) is 4.36. The summed E-state index contributed by atoms with van der Waals surface area (Å²) in [5.74, 6) is 0.662. The summed E-state index contributed by atoms with van der Waals surface area (Å²) in [4.78, 5) is 16.8. The highest BCUT2D eigenvalue weighted by molar-refractivity contribution is 5.92. The zero-order valence-corrected chi connectivity index (χ0v) is 14.0. The van der Waals surface area contributed by atoms with E-state index < -0.39 is 5.97 Å². The molecule has 5 heteroatoms. The molecule has 2 aromatic rings. The molecule has 0 atom stereocenters. The number of fused-ring (bicyclic) bond motifs is 1. The first-order valence-electron chi connectivity index (χ1n) is 8.36. The molecule has 0 aliphatic heterocycles. The standard InChI is InChI=1S/C18H24N2O3/c1-12(2)23-16-9-17-19-15(13-7-5-4-6-8-13)11-20(17)10-14(16)18(21)22-3/h9-13H,4-8H2,1-3H3. The Morgan fingerprint density at radius 3 is 2.65 bits per heavy atom. The monoisotopic (exact) mass is 316 g/mol. The van der Waals surface area contributed by atoms with Crippen LogP contribution in [0.25, 0.3) is 5.65 Å². The second-order valence-electron chi connectivity index (χ2n) is 6.48. The van der Waals surface area contributed by atoms with Crippen LogP contribution in [0.5, 0.6) is 5.75 Å². The fourth-order valence-electron chi connectivity index (χ4n) is 3.25. The molecule has 1 saturated carbocycles. The minimum atomic E-state index is -0.393. The normalized spacial score (nSPS) is 16.0. The van der Waals surface area contributed by atoms with E-state index in [4.69, 9.17) is 14.5 Å². The van der Waals surface area contributed by atoms with Gasteiger partial charge in [-0.3, -0.25) is 0 Å². The third kappa shape index (κ3) is 3.33. The molecule has 124 valence electrons. The lowest BCUT2D eigenvalue weighted by Crippen LogP contribution is -2.12. The summed E-state index contributed by atoms with van der Waals surface area (Å²) in [5, 5.41) is 0. The van der Waals surface area contributed by atoms with E-state index in [0.717, 1.165) is 11.3 Å². The lowest BCUT2D eigenvalue weighted by molar-refractivity contribution is 0.0593. The van der Waals surface area contributed by atoms with Crippen LogP contribution in [0.2, 0.25) is 0 Å². The molecule has 0 saturated heterocycles. The van der Waals surface area contributed by atoms with Crippen molar-refractivity contribution in [3.8, 4) is 5.75 Å². The van der Waals surface area contributed by atoms with Gasteiger partial charge in [-0.15, -0.1) is 0 Å². The number of esters is 1. The molecule has 5 nitrogen and oxygen atoms in total. The minimum Gasteiger partial charge on any atom is -0.490 e. The molecule has 0 N–H and O–H groups in total. The van der Waals surface area contributed by atoms with E-state index >= 15 is 0 Å². The van der Waals surface area contributed by atoms with E-state index in [1.54, 1.807) is 6.20 Å². The van der Waals surface area contributed by atoms with Gasteiger partial charge in [0.05, 0.1) is 18.9 Å². The van der Waals surface area contributed by atoms with Gasteiger partial charge >= 0.3 is 5.97 Å². The van der Waals surface area contributed by atoms with Gasteiger partial charge in [0.1, 0.15) is 17.0 Å². The van der Waals surface area contributed by atoms with Crippen molar-refractivity contribution >= 4 is 11.6 Å². The topological polar surface area (TPSA) is 52.8 Å². The smallest absolute Gasteiger partial charge is 0.343 e. The Kier molecular flexibility index (Phi) is 4.55. The Morgan fingerprint density at radius 2 is 2.00 bits per heavy atom. The second kappa shape index (κ2) is 6.60. The Hall–Kier alpha value is -2.04. The average Bonchev–Trinajstić information content (AvgIpc) is 2.96. The first kappa shape index (κ1) is 15.8. The van der Waals surface area contributed by atoms with E-state index in [9.17, 15) is 4.79 Å². The van der Waals surface area contributed by atoms with Crippen molar-refractivity contribution in [1.29, 1.82) is 0 Å². The summed E-state index contributed by atoms with van der Waals surface area (Å²) in [5.41, 5.74) is 2.36. The number of aromatic nitrogens is 2. The molecule has 1 fully saturated rings. The van der Waals surface area contributed by atoms with Gasteiger partial charge in [0, 0.05) is 24.4 Å². The van der Waals surface area contributed by atoms with E-state index in [1.165, 1.54) is 39.2 Å². The van der Waals surface area contributed by atoms with Crippen molar-refractivity contribution in [2.24, 2.45) is 0 Å². The van der Waals surface area contributed by atoms with E-state index in [2.05, 4.69) is 0 Å². The van der Waals surface area contributed by atoms with Crippen LogP contribution in [0.1, 0.15) is 67.9 Å². The highest BCUT2D eigenvalue weighted by Gasteiger charge is 2.21. The first-order chi connectivity index (χ1) is 11.1. The zero-order chi connectivity index (χ0) is 16.4. The van der Waals surface area contributed by atoms with Gasteiger partial charge in [0.2, 0.25) is 0 Å². The number of nitrogens with zero attached hydrogens (tertiary/aromatic N) is 2. The van der Waals surface area contributed by atoms with Gasteiger partial charge in [-0.1, -0.05) is 19.3 Å². The lowest BCUT2D eigenvalue weighted by atomic mass is 9.87. The van der Waals surface area contributed by atoms with Crippen molar-refractivity contribution < 1.29 is 14.3 Å². The number of hydrogen-bond acceptors (Lipinski definition) is 4. The maximum atomic E-state index is 12.0. The minimum absolute atomic E-state index is 0.0198. The summed E-state index contributed by atoms with van der Waals surface area (Å²) in [7, 11) is 1.38. The predicted octanol–water partition coefficient (Wildman–Crippen LogP) is 3.96. The van der Waals surface area contributed by atoms with Crippen LogP contribution in [0, 0.1) is 0 Å². The third-order valence-corrected chi connectivity index (χ3v) is 4.36. The summed E-state index contributed by atoms with van der Waals surface area (Å²) >= 11 is 0. The molecule has 0 radical (unpaired) electrons. The fraction of sp³-hybridized carbons (Fsp3) is 0.556. The molecule has 23 heavy (non-hydrogen) atoms. The second-order valence-corrected chi connectivity index (χ2v) is 6.48. The van der Waals surface area contributed by atoms with Crippen LogP contribution in [-0.2, 0) is 4.74 Å². The maximum absolute atomic E-state index is 12.0. The number of carbonyl (C=O) groups is 1. The van der Waals surface area contributed by atoms with Crippen molar-refractivity contribution in [2.45, 2.75) is 58.0 Å². The Balaban J connectivity index is 2.01. The van der Waals surface area contributed by atoms with Crippen molar-refractivity contribution in [3.05, 3.63) is 29.7 Å². The SMILES string of the molecule is COC(=O)c1cn2cc(C3CCCCC3)nc2cc1OC(C)C. The Labute approximate surface area is 136 Å². The van der Waals surface area contributed by atoms with Gasteiger partial charge in [-0.05, 0) is 26.7 Å².